The lowest BCUT2D eigenvalue weighted by Gasteiger charge is -2.22. The van der Waals surface area contributed by atoms with Crippen LogP contribution in [0, 0.1) is 0 Å². The average Bonchev–Trinajstić information content (AvgIpc) is 3.54. The van der Waals surface area contributed by atoms with E-state index in [2.05, 4.69) is 33.8 Å². The molecule has 7 nitrogen and oxygen atoms in total. The Balaban J connectivity index is 1.41. The zero-order valence-electron chi connectivity index (χ0n) is 18.5. The highest BCUT2D eigenvalue weighted by molar-refractivity contribution is 5.91. The molecular weight excluding hydrogens is 406 g/mol. The Labute approximate surface area is 188 Å². The van der Waals surface area contributed by atoms with Gasteiger partial charge in [0, 0.05) is 42.1 Å². The molecule has 1 saturated carbocycles. The number of aromatic nitrogens is 1. The molecular formula is C25H33N3O4. The number of aliphatic hydroxyl groups is 1. The quantitative estimate of drug-likeness (QED) is 0.556. The number of H-pyrrole nitrogens is 1. The number of aliphatic hydroxyl groups excluding tert-OH is 1. The molecule has 0 radical (unpaired) electrons. The van der Waals surface area contributed by atoms with E-state index in [4.69, 9.17) is 4.74 Å². The van der Waals surface area contributed by atoms with E-state index in [9.17, 15) is 14.7 Å². The lowest BCUT2D eigenvalue weighted by atomic mass is 9.84. The number of benzene rings is 1. The number of rotatable bonds is 6. The van der Waals surface area contributed by atoms with Gasteiger partial charge in [-0.1, -0.05) is 37.5 Å². The van der Waals surface area contributed by atoms with Crippen molar-refractivity contribution >= 4 is 22.7 Å². The number of aromatic amines is 1. The van der Waals surface area contributed by atoms with Crippen molar-refractivity contribution in [1.29, 1.82) is 0 Å². The maximum atomic E-state index is 12.7. The van der Waals surface area contributed by atoms with Crippen molar-refractivity contribution in [2.75, 3.05) is 19.8 Å². The van der Waals surface area contributed by atoms with E-state index in [1.807, 2.05) is 0 Å². The van der Waals surface area contributed by atoms with Crippen LogP contribution in [0.3, 0.4) is 0 Å². The zero-order valence-corrected chi connectivity index (χ0v) is 18.5. The Morgan fingerprint density at radius 2 is 2.00 bits per heavy atom. The highest BCUT2D eigenvalue weighted by Crippen LogP contribution is 2.40. The van der Waals surface area contributed by atoms with Crippen molar-refractivity contribution in [3.63, 3.8) is 0 Å². The fraction of sp³-hybridized carbons (Fsp3) is 0.600. The van der Waals surface area contributed by atoms with Crippen LogP contribution in [0.4, 0.5) is 0 Å². The van der Waals surface area contributed by atoms with Crippen molar-refractivity contribution in [3.05, 3.63) is 35.0 Å². The van der Waals surface area contributed by atoms with E-state index in [1.165, 1.54) is 59.8 Å². The standard InChI is InChI=1S/C25H33N3O4/c29-20-13-26-25(31)24(20)27-21(30)10-9-19-18-8-4-7-17(16-11-12-32-14-16)23(18)28-22(19)15-5-2-1-3-6-15/h4,7-8,15-16,20,24,28-29H,1-3,5-6,9-14H2,(H,26,31)(H,27,30)/t16?,20-,24+/m1/s1. The summed E-state index contributed by atoms with van der Waals surface area (Å²) >= 11 is 0. The maximum absolute atomic E-state index is 12.7. The first-order valence-electron chi connectivity index (χ1n) is 12.1. The Morgan fingerprint density at radius 3 is 2.72 bits per heavy atom. The average molecular weight is 440 g/mol. The lowest BCUT2D eigenvalue weighted by molar-refractivity contribution is -0.128. The predicted molar refractivity (Wildman–Crippen MR) is 122 cm³/mol. The molecule has 2 aliphatic heterocycles. The number of para-hydroxylation sites is 1. The number of fused-ring (bicyclic) bond motifs is 1. The molecule has 1 aliphatic carbocycles. The highest BCUT2D eigenvalue weighted by atomic mass is 16.5. The van der Waals surface area contributed by atoms with Gasteiger partial charge in [0.15, 0.2) is 0 Å². The van der Waals surface area contributed by atoms with Crippen LogP contribution in [0.2, 0.25) is 0 Å². The number of carbonyl (C=O) groups is 2. The monoisotopic (exact) mass is 439 g/mol. The number of hydrogen-bond donors (Lipinski definition) is 4. The normalized spacial score (nSPS) is 26.5. The Kier molecular flexibility index (Phi) is 6.20. The van der Waals surface area contributed by atoms with E-state index in [1.54, 1.807) is 0 Å². The summed E-state index contributed by atoms with van der Waals surface area (Å²) in [6, 6.07) is 5.65. The van der Waals surface area contributed by atoms with Gasteiger partial charge in [-0.3, -0.25) is 9.59 Å². The molecule has 5 rings (SSSR count). The molecule has 1 unspecified atom stereocenters. The summed E-state index contributed by atoms with van der Waals surface area (Å²) in [7, 11) is 0. The molecule has 3 aliphatic rings. The van der Waals surface area contributed by atoms with Crippen LogP contribution < -0.4 is 10.6 Å². The third kappa shape index (κ3) is 4.16. The first kappa shape index (κ1) is 21.5. The second-order valence-corrected chi connectivity index (χ2v) is 9.54. The number of ether oxygens (including phenoxy) is 1. The number of amides is 2. The largest absolute Gasteiger partial charge is 0.389 e. The van der Waals surface area contributed by atoms with E-state index in [-0.39, 0.29) is 18.4 Å². The van der Waals surface area contributed by atoms with E-state index >= 15 is 0 Å². The second-order valence-electron chi connectivity index (χ2n) is 9.54. The number of hydrogen-bond acceptors (Lipinski definition) is 4. The number of β-amino-alcohol motifs (C(OH)–C–C–N with tert-alkyl or cyclic N) is 1. The third-order valence-electron chi connectivity index (χ3n) is 7.46. The second kappa shape index (κ2) is 9.24. The van der Waals surface area contributed by atoms with Crippen LogP contribution >= 0.6 is 0 Å². The number of carbonyl (C=O) groups excluding carboxylic acids is 2. The summed E-state index contributed by atoms with van der Waals surface area (Å²) in [5.41, 5.74) is 5.04. The van der Waals surface area contributed by atoms with Crippen molar-refractivity contribution in [1.82, 2.24) is 15.6 Å². The van der Waals surface area contributed by atoms with Gasteiger partial charge in [-0.25, -0.2) is 0 Å². The molecule has 3 heterocycles. The van der Waals surface area contributed by atoms with Gasteiger partial charge in [0.25, 0.3) is 0 Å². The number of aryl methyl sites for hydroxylation is 1. The molecule has 4 N–H and O–H groups in total. The molecule has 0 bridgehead atoms. The molecule has 3 atom stereocenters. The van der Waals surface area contributed by atoms with E-state index < -0.39 is 12.1 Å². The molecule has 2 saturated heterocycles. The van der Waals surface area contributed by atoms with Gasteiger partial charge >= 0.3 is 0 Å². The van der Waals surface area contributed by atoms with Crippen LogP contribution in [-0.2, 0) is 20.7 Å². The van der Waals surface area contributed by atoms with Gasteiger partial charge in [0.2, 0.25) is 11.8 Å². The highest BCUT2D eigenvalue weighted by Gasteiger charge is 2.34. The van der Waals surface area contributed by atoms with Crippen LogP contribution in [0.5, 0.6) is 0 Å². The lowest BCUT2D eigenvalue weighted by Crippen LogP contribution is -2.45. The van der Waals surface area contributed by atoms with Crippen molar-refractivity contribution in [3.8, 4) is 0 Å². The van der Waals surface area contributed by atoms with Gasteiger partial charge in [0.05, 0.1) is 6.61 Å². The summed E-state index contributed by atoms with van der Waals surface area (Å²) in [5.74, 6) is 0.402. The molecule has 7 heteroatoms. The van der Waals surface area contributed by atoms with E-state index in [0.717, 1.165) is 19.6 Å². The van der Waals surface area contributed by atoms with Gasteiger partial charge < -0.3 is 25.5 Å². The van der Waals surface area contributed by atoms with Crippen LogP contribution in [-0.4, -0.2) is 53.8 Å². The fourth-order valence-electron chi connectivity index (χ4n) is 5.70. The zero-order chi connectivity index (χ0) is 22.1. The fourth-order valence-corrected chi connectivity index (χ4v) is 5.70. The van der Waals surface area contributed by atoms with Crippen molar-refractivity contribution < 1.29 is 19.4 Å². The summed E-state index contributed by atoms with van der Waals surface area (Å²) in [6.45, 7) is 1.76. The summed E-state index contributed by atoms with van der Waals surface area (Å²) in [5, 5.41) is 16.4. The molecule has 2 amide bonds. The third-order valence-corrected chi connectivity index (χ3v) is 7.46. The molecule has 3 fully saturated rings. The van der Waals surface area contributed by atoms with Gasteiger partial charge in [-0.2, -0.15) is 0 Å². The Bertz CT molecular complexity index is 988. The topological polar surface area (TPSA) is 103 Å². The van der Waals surface area contributed by atoms with Crippen LogP contribution in [0.15, 0.2) is 18.2 Å². The van der Waals surface area contributed by atoms with E-state index in [0.29, 0.717) is 24.7 Å². The summed E-state index contributed by atoms with van der Waals surface area (Å²) in [6.07, 6.45) is 7.24. The first-order chi connectivity index (χ1) is 15.6. The summed E-state index contributed by atoms with van der Waals surface area (Å²) in [4.78, 5) is 28.3. The molecule has 1 aromatic heterocycles. The first-order valence-corrected chi connectivity index (χ1v) is 12.1. The van der Waals surface area contributed by atoms with Gasteiger partial charge in [-0.15, -0.1) is 0 Å². The minimum atomic E-state index is -0.867. The van der Waals surface area contributed by atoms with Crippen molar-refractivity contribution in [2.45, 2.75) is 75.3 Å². The molecule has 172 valence electrons. The van der Waals surface area contributed by atoms with Crippen LogP contribution in [0.1, 0.15) is 73.6 Å². The van der Waals surface area contributed by atoms with Crippen molar-refractivity contribution in [2.24, 2.45) is 0 Å². The molecule has 32 heavy (non-hydrogen) atoms. The van der Waals surface area contributed by atoms with Crippen LogP contribution in [0.25, 0.3) is 10.9 Å². The summed E-state index contributed by atoms with van der Waals surface area (Å²) < 4.78 is 5.65. The van der Waals surface area contributed by atoms with Gasteiger partial charge in [0.1, 0.15) is 12.1 Å². The Morgan fingerprint density at radius 1 is 1.16 bits per heavy atom. The number of nitrogens with one attached hydrogen (secondary N) is 3. The predicted octanol–water partition coefficient (Wildman–Crippen LogP) is 2.63. The minimum absolute atomic E-state index is 0.186. The minimum Gasteiger partial charge on any atom is -0.389 e. The molecule has 1 aromatic carbocycles. The smallest absolute Gasteiger partial charge is 0.245 e. The van der Waals surface area contributed by atoms with Gasteiger partial charge in [-0.05, 0) is 42.7 Å². The SMILES string of the molecule is O=C(CCc1c(C2CCCCC2)[nH]c2c(C3CCOC3)cccc12)N[C@@H]1C(=O)NC[C@H]1O. The maximum Gasteiger partial charge on any atom is 0.245 e. The Hall–Kier alpha value is -2.38. The molecule has 0 spiro atoms. The molecule has 2 aromatic rings.